The second-order valence-electron chi connectivity index (χ2n) is 5.11. The molecule has 0 spiro atoms. The molecule has 0 aliphatic carbocycles. The SMILES string of the molecule is CCC(C)(CCO)NC(=O)[C@@H](N)CC(C)C. The number of aliphatic hydroxyl groups excluding tert-OH is 1. The Bertz CT molecular complexity index is 219. The largest absolute Gasteiger partial charge is 0.396 e. The molecule has 1 unspecified atom stereocenters. The molecule has 0 aromatic heterocycles. The van der Waals surface area contributed by atoms with Gasteiger partial charge in [0.2, 0.25) is 5.91 Å². The molecular formula is C12H26N2O2. The Morgan fingerprint density at radius 2 is 2.06 bits per heavy atom. The molecule has 0 bridgehead atoms. The van der Waals surface area contributed by atoms with Gasteiger partial charge in [0, 0.05) is 12.1 Å². The lowest BCUT2D eigenvalue weighted by molar-refractivity contribution is -0.124. The van der Waals surface area contributed by atoms with Gasteiger partial charge in [-0.15, -0.1) is 0 Å². The second kappa shape index (κ2) is 6.86. The molecule has 0 aromatic carbocycles. The van der Waals surface area contributed by atoms with Crippen molar-refractivity contribution in [2.75, 3.05) is 6.61 Å². The molecule has 0 aromatic rings. The Morgan fingerprint density at radius 1 is 1.50 bits per heavy atom. The van der Waals surface area contributed by atoms with Gasteiger partial charge in [-0.05, 0) is 32.1 Å². The van der Waals surface area contributed by atoms with Crippen LogP contribution in [-0.2, 0) is 4.79 Å². The number of nitrogens with two attached hydrogens (primary N) is 1. The van der Waals surface area contributed by atoms with Crippen LogP contribution in [0.4, 0.5) is 0 Å². The molecule has 4 nitrogen and oxygen atoms in total. The van der Waals surface area contributed by atoms with E-state index in [0.29, 0.717) is 18.8 Å². The molecule has 0 rings (SSSR count). The van der Waals surface area contributed by atoms with Crippen molar-refractivity contribution in [2.24, 2.45) is 11.7 Å². The fourth-order valence-corrected chi connectivity index (χ4v) is 1.58. The fourth-order valence-electron chi connectivity index (χ4n) is 1.58. The van der Waals surface area contributed by atoms with Gasteiger partial charge in [-0.1, -0.05) is 20.8 Å². The van der Waals surface area contributed by atoms with Crippen LogP contribution in [0, 0.1) is 5.92 Å². The molecule has 0 fully saturated rings. The molecular weight excluding hydrogens is 204 g/mol. The zero-order valence-corrected chi connectivity index (χ0v) is 10.9. The number of amides is 1. The van der Waals surface area contributed by atoms with Crippen molar-refractivity contribution in [2.45, 2.75) is 58.5 Å². The van der Waals surface area contributed by atoms with Crippen molar-refractivity contribution in [1.29, 1.82) is 0 Å². The van der Waals surface area contributed by atoms with Gasteiger partial charge in [0.25, 0.3) is 0 Å². The first-order valence-corrected chi connectivity index (χ1v) is 6.03. The summed E-state index contributed by atoms with van der Waals surface area (Å²) in [6.07, 6.45) is 2.03. The van der Waals surface area contributed by atoms with E-state index in [0.717, 1.165) is 6.42 Å². The average Bonchev–Trinajstić information content (AvgIpc) is 2.17. The van der Waals surface area contributed by atoms with E-state index in [1.807, 2.05) is 27.7 Å². The number of aliphatic hydroxyl groups is 1. The summed E-state index contributed by atoms with van der Waals surface area (Å²) in [7, 11) is 0. The van der Waals surface area contributed by atoms with E-state index < -0.39 is 6.04 Å². The maximum atomic E-state index is 11.8. The zero-order valence-electron chi connectivity index (χ0n) is 10.9. The Kier molecular flexibility index (Phi) is 6.60. The minimum absolute atomic E-state index is 0.0735. The highest BCUT2D eigenvalue weighted by Gasteiger charge is 2.26. The van der Waals surface area contributed by atoms with Crippen LogP contribution in [0.1, 0.15) is 47.0 Å². The van der Waals surface area contributed by atoms with E-state index in [1.165, 1.54) is 0 Å². The predicted molar refractivity (Wildman–Crippen MR) is 66.0 cm³/mol. The minimum Gasteiger partial charge on any atom is -0.396 e. The normalized spacial score (nSPS) is 16.9. The third kappa shape index (κ3) is 5.47. The smallest absolute Gasteiger partial charge is 0.237 e. The maximum Gasteiger partial charge on any atom is 0.237 e. The Balaban J connectivity index is 4.29. The number of nitrogens with one attached hydrogen (secondary N) is 1. The lowest BCUT2D eigenvalue weighted by Crippen LogP contribution is -2.52. The van der Waals surface area contributed by atoms with E-state index >= 15 is 0 Å². The van der Waals surface area contributed by atoms with E-state index in [4.69, 9.17) is 10.8 Å². The summed E-state index contributed by atoms with van der Waals surface area (Å²) < 4.78 is 0. The highest BCUT2D eigenvalue weighted by Crippen LogP contribution is 2.14. The zero-order chi connectivity index (χ0) is 12.8. The summed E-state index contributed by atoms with van der Waals surface area (Å²) in [5.74, 6) is 0.290. The second-order valence-corrected chi connectivity index (χ2v) is 5.11. The van der Waals surface area contributed by atoms with Crippen LogP contribution in [0.3, 0.4) is 0 Å². The van der Waals surface area contributed by atoms with Gasteiger partial charge >= 0.3 is 0 Å². The Hall–Kier alpha value is -0.610. The minimum atomic E-state index is -0.454. The molecule has 2 atom stereocenters. The number of carbonyl (C=O) groups excluding carboxylic acids is 1. The van der Waals surface area contributed by atoms with Crippen LogP contribution >= 0.6 is 0 Å². The molecule has 0 saturated heterocycles. The maximum absolute atomic E-state index is 11.8. The number of carbonyl (C=O) groups is 1. The van der Waals surface area contributed by atoms with E-state index in [1.54, 1.807) is 0 Å². The number of rotatable bonds is 7. The summed E-state index contributed by atoms with van der Waals surface area (Å²) >= 11 is 0. The first-order chi connectivity index (χ1) is 7.34. The molecule has 0 aliphatic heterocycles. The highest BCUT2D eigenvalue weighted by molar-refractivity contribution is 5.82. The predicted octanol–water partition coefficient (Wildman–Crippen LogP) is 1.03. The van der Waals surface area contributed by atoms with Crippen LogP contribution in [0.25, 0.3) is 0 Å². The van der Waals surface area contributed by atoms with Gasteiger partial charge in [0.05, 0.1) is 6.04 Å². The molecule has 16 heavy (non-hydrogen) atoms. The molecule has 4 N–H and O–H groups in total. The van der Waals surface area contributed by atoms with E-state index in [-0.39, 0.29) is 18.1 Å². The first-order valence-electron chi connectivity index (χ1n) is 6.03. The lowest BCUT2D eigenvalue weighted by Gasteiger charge is -2.30. The monoisotopic (exact) mass is 230 g/mol. The molecule has 1 amide bonds. The van der Waals surface area contributed by atoms with Crippen molar-refractivity contribution < 1.29 is 9.90 Å². The van der Waals surface area contributed by atoms with Gasteiger partial charge in [0.15, 0.2) is 0 Å². The van der Waals surface area contributed by atoms with Crippen LogP contribution in [0.5, 0.6) is 0 Å². The van der Waals surface area contributed by atoms with Crippen LogP contribution in [-0.4, -0.2) is 29.2 Å². The average molecular weight is 230 g/mol. The standard InChI is InChI=1S/C12H26N2O2/c1-5-12(4,6-7-15)14-11(16)10(13)8-9(2)3/h9-10,15H,5-8,13H2,1-4H3,(H,14,16)/t10-,12?/m0/s1. The summed E-state index contributed by atoms with van der Waals surface area (Å²) in [4.78, 5) is 11.8. The first kappa shape index (κ1) is 15.4. The lowest BCUT2D eigenvalue weighted by atomic mass is 9.93. The van der Waals surface area contributed by atoms with Crippen molar-refractivity contribution in [1.82, 2.24) is 5.32 Å². The molecule has 96 valence electrons. The van der Waals surface area contributed by atoms with E-state index in [9.17, 15) is 4.79 Å². The summed E-state index contributed by atoms with van der Waals surface area (Å²) in [5, 5.41) is 11.9. The molecule has 4 heteroatoms. The summed E-state index contributed by atoms with van der Waals surface area (Å²) in [6, 6.07) is -0.454. The molecule has 0 heterocycles. The van der Waals surface area contributed by atoms with Crippen molar-refractivity contribution in [3.05, 3.63) is 0 Å². The van der Waals surface area contributed by atoms with Crippen molar-refractivity contribution >= 4 is 5.91 Å². The third-order valence-corrected chi connectivity index (χ3v) is 2.93. The van der Waals surface area contributed by atoms with Gasteiger partial charge in [0.1, 0.15) is 0 Å². The third-order valence-electron chi connectivity index (χ3n) is 2.93. The molecule has 0 radical (unpaired) electrons. The number of hydrogen-bond donors (Lipinski definition) is 3. The Labute approximate surface area is 98.6 Å². The van der Waals surface area contributed by atoms with Gasteiger partial charge in [-0.3, -0.25) is 4.79 Å². The van der Waals surface area contributed by atoms with Gasteiger partial charge in [-0.25, -0.2) is 0 Å². The fraction of sp³-hybridized carbons (Fsp3) is 0.917. The highest BCUT2D eigenvalue weighted by atomic mass is 16.3. The summed E-state index contributed by atoms with van der Waals surface area (Å²) in [5.41, 5.74) is 5.45. The van der Waals surface area contributed by atoms with Gasteiger partial charge < -0.3 is 16.2 Å². The van der Waals surface area contributed by atoms with Crippen LogP contribution in [0.2, 0.25) is 0 Å². The molecule has 0 aliphatic rings. The van der Waals surface area contributed by atoms with E-state index in [2.05, 4.69) is 5.32 Å². The van der Waals surface area contributed by atoms with Crippen molar-refractivity contribution in [3.8, 4) is 0 Å². The van der Waals surface area contributed by atoms with Crippen LogP contribution < -0.4 is 11.1 Å². The van der Waals surface area contributed by atoms with Crippen LogP contribution in [0.15, 0.2) is 0 Å². The quantitative estimate of drug-likeness (QED) is 0.611. The van der Waals surface area contributed by atoms with Crippen molar-refractivity contribution in [3.63, 3.8) is 0 Å². The Morgan fingerprint density at radius 3 is 2.44 bits per heavy atom. The number of hydrogen-bond acceptors (Lipinski definition) is 3. The topological polar surface area (TPSA) is 75.3 Å². The summed E-state index contributed by atoms with van der Waals surface area (Å²) in [6.45, 7) is 8.08. The van der Waals surface area contributed by atoms with Gasteiger partial charge in [-0.2, -0.15) is 0 Å². The molecule has 0 saturated carbocycles.